The van der Waals surface area contributed by atoms with Crippen molar-refractivity contribution in [2.45, 2.75) is 39.5 Å². The molecule has 1 fully saturated rings. The van der Waals surface area contributed by atoms with Gasteiger partial charge in [0.2, 0.25) is 0 Å². The predicted molar refractivity (Wildman–Crippen MR) is 89.1 cm³/mol. The van der Waals surface area contributed by atoms with E-state index in [2.05, 4.69) is 48.0 Å². The van der Waals surface area contributed by atoms with E-state index < -0.39 is 5.41 Å². The molecule has 0 amide bonds. The Morgan fingerprint density at radius 1 is 1.48 bits per heavy atom. The number of methoxy groups -OCH3 is 1. The Kier molecular flexibility index (Phi) is 5.26. The number of benzene rings is 1. The molecule has 0 N–H and O–H groups in total. The van der Waals surface area contributed by atoms with Gasteiger partial charge in [-0.3, -0.25) is 4.79 Å². The number of allylic oxidation sites excluding steroid dienone is 2. The minimum Gasteiger partial charge on any atom is -0.469 e. The van der Waals surface area contributed by atoms with Gasteiger partial charge in [-0.2, -0.15) is 0 Å². The van der Waals surface area contributed by atoms with Gasteiger partial charge in [0.15, 0.2) is 0 Å². The summed E-state index contributed by atoms with van der Waals surface area (Å²) in [7, 11) is 1.49. The molecule has 0 spiro atoms. The van der Waals surface area contributed by atoms with Crippen LogP contribution in [-0.4, -0.2) is 13.1 Å². The van der Waals surface area contributed by atoms with Gasteiger partial charge in [-0.25, -0.2) is 0 Å². The van der Waals surface area contributed by atoms with Crippen LogP contribution in [0.5, 0.6) is 0 Å². The SMILES string of the molecule is C/C=C1\CCCC(C)(C(=O)OC)C1Cc1ccccc1Br. The smallest absolute Gasteiger partial charge is 0.312 e. The maximum atomic E-state index is 12.4. The molecule has 1 aliphatic carbocycles. The van der Waals surface area contributed by atoms with Crippen LogP contribution in [0.2, 0.25) is 0 Å². The topological polar surface area (TPSA) is 26.3 Å². The third-order valence-corrected chi connectivity index (χ3v) is 5.56. The first kappa shape index (κ1) is 16.3. The molecule has 3 heteroatoms. The van der Waals surface area contributed by atoms with Crippen molar-refractivity contribution in [3.8, 4) is 0 Å². The lowest BCUT2D eigenvalue weighted by Crippen LogP contribution is -2.41. The Morgan fingerprint density at radius 2 is 2.19 bits per heavy atom. The van der Waals surface area contributed by atoms with E-state index in [1.807, 2.05) is 12.1 Å². The van der Waals surface area contributed by atoms with Crippen LogP contribution >= 0.6 is 15.9 Å². The number of halogens is 1. The summed E-state index contributed by atoms with van der Waals surface area (Å²) < 4.78 is 6.22. The van der Waals surface area contributed by atoms with Gasteiger partial charge in [0, 0.05) is 4.47 Å². The van der Waals surface area contributed by atoms with Crippen molar-refractivity contribution in [1.82, 2.24) is 0 Å². The average Bonchev–Trinajstić information content (AvgIpc) is 2.50. The van der Waals surface area contributed by atoms with Crippen molar-refractivity contribution in [3.05, 3.63) is 46.0 Å². The summed E-state index contributed by atoms with van der Waals surface area (Å²) >= 11 is 3.62. The summed E-state index contributed by atoms with van der Waals surface area (Å²) in [5, 5.41) is 0. The zero-order chi connectivity index (χ0) is 15.5. The fraction of sp³-hybridized carbons (Fsp3) is 0.500. The van der Waals surface area contributed by atoms with E-state index in [1.54, 1.807) is 0 Å². The maximum Gasteiger partial charge on any atom is 0.312 e. The molecule has 2 atom stereocenters. The molecule has 1 aromatic rings. The Morgan fingerprint density at radius 3 is 2.81 bits per heavy atom. The van der Waals surface area contributed by atoms with Crippen LogP contribution < -0.4 is 0 Å². The van der Waals surface area contributed by atoms with Gasteiger partial charge in [-0.05, 0) is 57.1 Å². The quantitative estimate of drug-likeness (QED) is 0.571. The second-order valence-corrected chi connectivity index (χ2v) is 6.83. The molecule has 0 bridgehead atoms. The first-order valence-electron chi connectivity index (χ1n) is 7.50. The van der Waals surface area contributed by atoms with Crippen LogP contribution in [0.3, 0.4) is 0 Å². The van der Waals surface area contributed by atoms with Crippen molar-refractivity contribution in [2.24, 2.45) is 11.3 Å². The summed E-state index contributed by atoms with van der Waals surface area (Å²) in [4.78, 5) is 12.4. The zero-order valence-electron chi connectivity index (χ0n) is 13.0. The molecule has 0 heterocycles. The molecular weight excluding hydrogens is 328 g/mol. The third-order valence-electron chi connectivity index (χ3n) is 4.78. The normalized spacial score (nSPS) is 27.6. The van der Waals surface area contributed by atoms with Crippen LogP contribution in [-0.2, 0) is 16.0 Å². The second kappa shape index (κ2) is 6.78. The second-order valence-electron chi connectivity index (χ2n) is 5.97. The number of carbonyl (C=O) groups excluding carboxylic acids is 1. The third kappa shape index (κ3) is 3.23. The summed E-state index contributed by atoms with van der Waals surface area (Å²) in [5.41, 5.74) is 2.20. The van der Waals surface area contributed by atoms with Crippen LogP contribution in [0.25, 0.3) is 0 Å². The number of carbonyl (C=O) groups is 1. The van der Waals surface area contributed by atoms with Gasteiger partial charge in [0.05, 0.1) is 12.5 Å². The number of rotatable bonds is 3. The Labute approximate surface area is 135 Å². The summed E-state index contributed by atoms with van der Waals surface area (Å²) in [5.74, 6) is 0.126. The molecule has 0 radical (unpaired) electrons. The molecule has 21 heavy (non-hydrogen) atoms. The Balaban J connectivity index is 2.38. The Bertz CT molecular complexity index is 550. The van der Waals surface area contributed by atoms with Gasteiger partial charge >= 0.3 is 5.97 Å². The van der Waals surface area contributed by atoms with E-state index >= 15 is 0 Å². The van der Waals surface area contributed by atoms with E-state index in [4.69, 9.17) is 4.74 Å². The molecule has 0 saturated heterocycles. The van der Waals surface area contributed by atoms with Gasteiger partial charge in [0.1, 0.15) is 0 Å². The lowest BCUT2D eigenvalue weighted by Gasteiger charge is -2.41. The van der Waals surface area contributed by atoms with Crippen LogP contribution in [0, 0.1) is 11.3 Å². The van der Waals surface area contributed by atoms with Crippen molar-refractivity contribution in [2.75, 3.05) is 7.11 Å². The van der Waals surface area contributed by atoms with E-state index in [0.29, 0.717) is 0 Å². The standard InChI is InChI=1S/C18H23BrO2/c1-4-13-9-7-11-18(2,17(20)21-3)15(13)12-14-8-5-6-10-16(14)19/h4-6,8,10,15H,7,9,11-12H2,1-3H3/b13-4+. The van der Waals surface area contributed by atoms with Crippen molar-refractivity contribution >= 4 is 21.9 Å². The summed E-state index contributed by atoms with van der Waals surface area (Å²) in [6.45, 7) is 4.13. The fourth-order valence-electron chi connectivity index (χ4n) is 3.48. The molecule has 0 aliphatic heterocycles. The highest BCUT2D eigenvalue weighted by atomic mass is 79.9. The zero-order valence-corrected chi connectivity index (χ0v) is 14.6. The maximum absolute atomic E-state index is 12.4. The monoisotopic (exact) mass is 350 g/mol. The molecule has 0 aromatic heterocycles. The van der Waals surface area contributed by atoms with E-state index in [9.17, 15) is 4.79 Å². The molecule has 2 nitrogen and oxygen atoms in total. The lowest BCUT2D eigenvalue weighted by atomic mass is 9.63. The first-order chi connectivity index (χ1) is 10.0. The van der Waals surface area contributed by atoms with Gasteiger partial charge in [-0.1, -0.05) is 45.8 Å². The van der Waals surface area contributed by atoms with Gasteiger partial charge < -0.3 is 4.74 Å². The predicted octanol–water partition coefficient (Wildman–Crippen LogP) is 4.92. The van der Waals surface area contributed by atoms with Crippen LogP contribution in [0.1, 0.15) is 38.7 Å². The summed E-state index contributed by atoms with van der Waals surface area (Å²) in [6.07, 6.45) is 6.08. The molecular formula is C18H23BrO2. The highest BCUT2D eigenvalue weighted by Crippen LogP contribution is 2.47. The molecule has 2 rings (SSSR count). The lowest BCUT2D eigenvalue weighted by molar-refractivity contribution is -0.155. The van der Waals surface area contributed by atoms with Crippen molar-refractivity contribution in [1.29, 1.82) is 0 Å². The Hall–Kier alpha value is -1.09. The number of hydrogen-bond donors (Lipinski definition) is 0. The fourth-order valence-corrected chi connectivity index (χ4v) is 3.93. The number of ether oxygens (including phenoxy) is 1. The molecule has 1 saturated carbocycles. The summed E-state index contributed by atoms with van der Waals surface area (Å²) in [6, 6.07) is 8.25. The number of hydrogen-bond acceptors (Lipinski definition) is 2. The van der Waals surface area contributed by atoms with E-state index in [1.165, 1.54) is 18.2 Å². The average molecular weight is 351 g/mol. The minimum atomic E-state index is -0.426. The van der Waals surface area contributed by atoms with Crippen LogP contribution in [0.15, 0.2) is 40.4 Å². The van der Waals surface area contributed by atoms with Gasteiger partial charge in [-0.15, -0.1) is 0 Å². The van der Waals surface area contributed by atoms with Gasteiger partial charge in [0.25, 0.3) is 0 Å². The molecule has 1 aliphatic rings. The molecule has 1 aromatic carbocycles. The van der Waals surface area contributed by atoms with E-state index in [-0.39, 0.29) is 11.9 Å². The van der Waals surface area contributed by atoms with Crippen LogP contribution in [0.4, 0.5) is 0 Å². The minimum absolute atomic E-state index is 0.0846. The largest absolute Gasteiger partial charge is 0.469 e. The molecule has 114 valence electrons. The van der Waals surface area contributed by atoms with E-state index in [0.717, 1.165) is 30.2 Å². The number of esters is 1. The molecule has 2 unspecified atom stereocenters. The highest BCUT2D eigenvalue weighted by molar-refractivity contribution is 9.10. The van der Waals surface area contributed by atoms with Crippen molar-refractivity contribution < 1.29 is 9.53 Å². The first-order valence-corrected chi connectivity index (χ1v) is 8.29. The highest BCUT2D eigenvalue weighted by Gasteiger charge is 2.45. The van der Waals surface area contributed by atoms with Crippen molar-refractivity contribution in [3.63, 3.8) is 0 Å².